The standard InChI is InChI=1S/C24H32N2O4S/c1-5-7-17-30-23-15-13-22(14-16-23)26(19(3)4)24(27)25-31(28,29)18-20(6-2)21-11-9-8-10-12-21/h8-16,18-19H,5-7,17H2,1-4H3,(H,25,27). The number of allylic oxidation sites excluding steroid dienone is 1. The quantitative estimate of drug-likeness (QED) is 0.486. The lowest BCUT2D eigenvalue weighted by atomic mass is 10.1. The topological polar surface area (TPSA) is 75.7 Å². The molecule has 0 aliphatic carbocycles. The second-order valence-electron chi connectivity index (χ2n) is 7.47. The lowest BCUT2D eigenvalue weighted by Crippen LogP contribution is -2.46. The molecule has 1 N–H and O–H groups in total. The fourth-order valence-electron chi connectivity index (χ4n) is 3.08. The molecule has 0 saturated heterocycles. The first-order valence-corrected chi connectivity index (χ1v) is 12.2. The number of carbonyl (C=O) groups excluding carboxylic acids is 1. The monoisotopic (exact) mass is 444 g/mol. The smallest absolute Gasteiger partial charge is 0.335 e. The molecule has 168 valence electrons. The number of unbranched alkanes of at least 4 members (excludes halogenated alkanes) is 1. The molecule has 0 radical (unpaired) electrons. The van der Waals surface area contributed by atoms with Crippen LogP contribution in [-0.2, 0) is 10.0 Å². The third kappa shape index (κ3) is 7.43. The molecule has 0 heterocycles. The first-order chi connectivity index (χ1) is 14.8. The summed E-state index contributed by atoms with van der Waals surface area (Å²) in [5.41, 5.74) is 2.03. The van der Waals surface area contributed by atoms with E-state index in [0.717, 1.165) is 23.8 Å². The van der Waals surface area contributed by atoms with Gasteiger partial charge in [-0.15, -0.1) is 0 Å². The van der Waals surface area contributed by atoms with Crippen molar-refractivity contribution in [2.45, 2.75) is 53.0 Å². The summed E-state index contributed by atoms with van der Waals surface area (Å²) >= 11 is 0. The summed E-state index contributed by atoms with van der Waals surface area (Å²) in [7, 11) is -3.98. The Labute approximate surface area is 186 Å². The number of sulfonamides is 1. The number of benzene rings is 2. The molecule has 0 fully saturated rings. The number of anilines is 1. The van der Waals surface area contributed by atoms with Gasteiger partial charge in [-0.2, -0.15) is 0 Å². The third-order valence-electron chi connectivity index (χ3n) is 4.67. The zero-order valence-electron chi connectivity index (χ0n) is 18.7. The molecule has 2 aromatic carbocycles. The van der Waals surface area contributed by atoms with E-state index in [1.54, 1.807) is 24.3 Å². The second-order valence-corrected chi connectivity index (χ2v) is 9.00. The molecule has 0 aliphatic rings. The van der Waals surface area contributed by atoms with Crippen LogP contribution in [0.2, 0.25) is 0 Å². The summed E-state index contributed by atoms with van der Waals surface area (Å²) < 4.78 is 33.2. The molecular formula is C24H32N2O4S. The van der Waals surface area contributed by atoms with Gasteiger partial charge in [0.15, 0.2) is 0 Å². The van der Waals surface area contributed by atoms with E-state index < -0.39 is 16.1 Å². The molecule has 0 saturated carbocycles. The van der Waals surface area contributed by atoms with Crippen LogP contribution in [0.25, 0.3) is 5.57 Å². The van der Waals surface area contributed by atoms with Crippen LogP contribution in [0.5, 0.6) is 5.75 Å². The third-order valence-corrected chi connectivity index (χ3v) is 5.72. The van der Waals surface area contributed by atoms with Gasteiger partial charge in [-0.05, 0) is 62.1 Å². The SMILES string of the molecule is CCCCOc1ccc(N(C(=O)NS(=O)(=O)C=C(CC)c2ccccc2)C(C)C)cc1. The number of nitrogens with one attached hydrogen (secondary N) is 1. The number of nitrogens with zero attached hydrogens (tertiary/aromatic N) is 1. The molecule has 0 aliphatic heterocycles. The van der Waals surface area contributed by atoms with Gasteiger partial charge in [0.05, 0.1) is 12.0 Å². The van der Waals surface area contributed by atoms with Crippen molar-refractivity contribution in [3.63, 3.8) is 0 Å². The van der Waals surface area contributed by atoms with Crippen LogP contribution in [0.3, 0.4) is 0 Å². The highest BCUT2D eigenvalue weighted by Gasteiger charge is 2.23. The molecule has 0 unspecified atom stereocenters. The molecule has 0 bridgehead atoms. The minimum absolute atomic E-state index is 0.245. The summed E-state index contributed by atoms with van der Waals surface area (Å²) in [5, 5.41) is 1.13. The van der Waals surface area contributed by atoms with Gasteiger partial charge < -0.3 is 4.74 Å². The van der Waals surface area contributed by atoms with E-state index in [1.165, 1.54) is 4.90 Å². The van der Waals surface area contributed by atoms with Crippen LogP contribution in [0.1, 0.15) is 52.5 Å². The van der Waals surface area contributed by atoms with Gasteiger partial charge in [0.25, 0.3) is 10.0 Å². The number of carbonyl (C=O) groups is 1. The first-order valence-electron chi connectivity index (χ1n) is 10.6. The number of rotatable bonds is 10. The Morgan fingerprint density at radius 1 is 1.06 bits per heavy atom. The lowest BCUT2D eigenvalue weighted by molar-refractivity contribution is 0.249. The van der Waals surface area contributed by atoms with Crippen LogP contribution in [0, 0.1) is 0 Å². The number of hydrogen-bond acceptors (Lipinski definition) is 4. The predicted molar refractivity (Wildman–Crippen MR) is 127 cm³/mol. The summed E-state index contributed by atoms with van der Waals surface area (Å²) in [5.74, 6) is 0.715. The van der Waals surface area contributed by atoms with E-state index in [1.807, 2.05) is 51.1 Å². The van der Waals surface area contributed by atoms with Crippen molar-refractivity contribution in [1.29, 1.82) is 0 Å². The first kappa shape index (κ1) is 24.5. The molecule has 2 rings (SSSR count). The van der Waals surface area contributed by atoms with Crippen LogP contribution in [-0.4, -0.2) is 27.1 Å². The van der Waals surface area contributed by atoms with Crippen molar-refractivity contribution in [2.75, 3.05) is 11.5 Å². The summed E-state index contributed by atoms with van der Waals surface area (Å²) in [6.07, 6.45) is 2.54. The van der Waals surface area contributed by atoms with E-state index in [-0.39, 0.29) is 6.04 Å². The largest absolute Gasteiger partial charge is 0.494 e. The van der Waals surface area contributed by atoms with Crippen molar-refractivity contribution in [2.24, 2.45) is 0 Å². The zero-order chi connectivity index (χ0) is 22.9. The second kappa shape index (κ2) is 11.6. The van der Waals surface area contributed by atoms with Gasteiger partial charge in [-0.1, -0.05) is 50.6 Å². The molecule has 0 aromatic heterocycles. The Kier molecular flexibility index (Phi) is 9.12. The molecule has 0 atom stereocenters. The maximum atomic E-state index is 12.9. The maximum Gasteiger partial charge on any atom is 0.335 e. The molecule has 7 heteroatoms. The van der Waals surface area contributed by atoms with Gasteiger partial charge in [0.1, 0.15) is 5.75 Å². The van der Waals surface area contributed by atoms with Crippen LogP contribution in [0.15, 0.2) is 60.0 Å². The van der Waals surface area contributed by atoms with Crippen LogP contribution in [0.4, 0.5) is 10.5 Å². The Hall–Kier alpha value is -2.80. The van der Waals surface area contributed by atoms with Crippen molar-refractivity contribution in [3.05, 3.63) is 65.6 Å². The maximum absolute atomic E-state index is 12.9. The highest BCUT2D eigenvalue weighted by Crippen LogP contribution is 2.23. The van der Waals surface area contributed by atoms with E-state index in [2.05, 4.69) is 11.6 Å². The van der Waals surface area contributed by atoms with Gasteiger partial charge in [-0.3, -0.25) is 4.90 Å². The molecule has 0 spiro atoms. The summed E-state index contributed by atoms with van der Waals surface area (Å²) in [6.45, 7) is 8.26. The number of amides is 2. The van der Waals surface area contributed by atoms with Crippen LogP contribution < -0.4 is 14.4 Å². The Balaban J connectivity index is 2.18. The van der Waals surface area contributed by atoms with Crippen molar-refractivity contribution < 1.29 is 17.9 Å². The van der Waals surface area contributed by atoms with Crippen molar-refractivity contribution >= 4 is 27.3 Å². The Morgan fingerprint density at radius 2 is 1.71 bits per heavy atom. The number of urea groups is 1. The van der Waals surface area contributed by atoms with Crippen molar-refractivity contribution in [3.8, 4) is 5.75 Å². The lowest BCUT2D eigenvalue weighted by Gasteiger charge is -2.27. The Morgan fingerprint density at radius 3 is 2.26 bits per heavy atom. The highest BCUT2D eigenvalue weighted by atomic mass is 32.2. The molecule has 2 aromatic rings. The predicted octanol–water partition coefficient (Wildman–Crippen LogP) is 5.57. The minimum Gasteiger partial charge on any atom is -0.494 e. The molecule has 31 heavy (non-hydrogen) atoms. The van der Waals surface area contributed by atoms with E-state index >= 15 is 0 Å². The van der Waals surface area contributed by atoms with E-state index in [9.17, 15) is 13.2 Å². The van der Waals surface area contributed by atoms with Gasteiger partial charge in [0.2, 0.25) is 0 Å². The molecule has 2 amide bonds. The number of hydrogen-bond donors (Lipinski definition) is 1. The highest BCUT2D eigenvalue weighted by molar-refractivity contribution is 7.93. The van der Waals surface area contributed by atoms with Crippen LogP contribution >= 0.6 is 0 Å². The average Bonchev–Trinajstić information content (AvgIpc) is 2.73. The number of ether oxygens (including phenoxy) is 1. The van der Waals surface area contributed by atoms with E-state index in [0.29, 0.717) is 30.0 Å². The van der Waals surface area contributed by atoms with Gasteiger partial charge in [0, 0.05) is 11.7 Å². The van der Waals surface area contributed by atoms with Gasteiger partial charge in [-0.25, -0.2) is 17.9 Å². The summed E-state index contributed by atoms with van der Waals surface area (Å²) in [6, 6.07) is 15.4. The normalized spacial score (nSPS) is 12.0. The fraction of sp³-hybridized carbons (Fsp3) is 0.375. The molecule has 6 nitrogen and oxygen atoms in total. The average molecular weight is 445 g/mol. The summed E-state index contributed by atoms with van der Waals surface area (Å²) in [4.78, 5) is 14.3. The zero-order valence-corrected chi connectivity index (χ0v) is 19.5. The van der Waals surface area contributed by atoms with E-state index in [4.69, 9.17) is 4.74 Å². The van der Waals surface area contributed by atoms with Gasteiger partial charge >= 0.3 is 6.03 Å². The van der Waals surface area contributed by atoms with Crippen molar-refractivity contribution in [1.82, 2.24) is 4.72 Å². The fourth-order valence-corrected chi connectivity index (χ4v) is 4.16. The minimum atomic E-state index is -3.98. The molecular weight excluding hydrogens is 412 g/mol. The Bertz CT molecular complexity index is 968.